The van der Waals surface area contributed by atoms with Crippen LogP contribution in [0.2, 0.25) is 0 Å². The average Bonchev–Trinajstić information content (AvgIpc) is 2.43. The standard InChI is InChI=1S/C16H21F3N2S/c17-16(18,19)22-14-6-4-13(5-7-14)15(12-2-1-3-12)21-10-8-20-9-11-21/h4-7,12,15,20H,1-3,8-11H2/t15-/m0/s1. The highest BCUT2D eigenvalue weighted by atomic mass is 32.2. The molecule has 1 aliphatic heterocycles. The van der Waals surface area contributed by atoms with Crippen LogP contribution in [-0.2, 0) is 0 Å². The third-order valence-corrected chi connectivity index (χ3v) is 5.34. The lowest BCUT2D eigenvalue weighted by molar-refractivity contribution is -0.0328. The van der Waals surface area contributed by atoms with Crippen molar-refractivity contribution in [3.63, 3.8) is 0 Å². The summed E-state index contributed by atoms with van der Waals surface area (Å²) in [6, 6.07) is 7.36. The molecule has 0 bridgehead atoms. The molecule has 1 saturated carbocycles. The second-order valence-electron chi connectivity index (χ2n) is 6.04. The minimum atomic E-state index is -4.21. The van der Waals surface area contributed by atoms with Gasteiger partial charge in [-0.05, 0) is 48.2 Å². The number of rotatable bonds is 4. The highest BCUT2D eigenvalue weighted by Gasteiger charge is 2.34. The van der Waals surface area contributed by atoms with Crippen molar-refractivity contribution >= 4 is 11.8 Å². The molecule has 1 saturated heterocycles. The Bertz CT molecular complexity index is 479. The van der Waals surface area contributed by atoms with Gasteiger partial charge in [-0.2, -0.15) is 13.2 Å². The first-order valence-electron chi connectivity index (χ1n) is 7.83. The molecule has 1 aromatic carbocycles. The minimum absolute atomic E-state index is 0.0387. The van der Waals surface area contributed by atoms with Gasteiger partial charge in [0.25, 0.3) is 0 Å². The van der Waals surface area contributed by atoms with E-state index in [0.717, 1.165) is 31.7 Å². The van der Waals surface area contributed by atoms with Crippen LogP contribution < -0.4 is 5.32 Å². The molecule has 122 valence electrons. The number of hydrogen-bond acceptors (Lipinski definition) is 3. The lowest BCUT2D eigenvalue weighted by atomic mass is 9.76. The monoisotopic (exact) mass is 330 g/mol. The van der Waals surface area contributed by atoms with E-state index in [-0.39, 0.29) is 16.7 Å². The highest BCUT2D eigenvalue weighted by Crippen LogP contribution is 2.42. The Hall–Kier alpha value is -0.720. The van der Waals surface area contributed by atoms with Crippen molar-refractivity contribution in [2.24, 2.45) is 5.92 Å². The van der Waals surface area contributed by atoms with E-state index in [1.54, 1.807) is 12.1 Å². The van der Waals surface area contributed by atoms with E-state index < -0.39 is 5.51 Å². The van der Waals surface area contributed by atoms with Crippen LogP contribution in [0.1, 0.15) is 30.9 Å². The molecule has 2 aliphatic rings. The lowest BCUT2D eigenvalue weighted by Gasteiger charge is -2.43. The molecule has 22 heavy (non-hydrogen) atoms. The van der Waals surface area contributed by atoms with Crippen molar-refractivity contribution in [2.45, 2.75) is 35.7 Å². The van der Waals surface area contributed by atoms with E-state index in [1.807, 2.05) is 12.1 Å². The summed E-state index contributed by atoms with van der Waals surface area (Å²) in [5, 5.41) is 3.36. The predicted molar refractivity (Wildman–Crippen MR) is 82.9 cm³/mol. The molecule has 0 amide bonds. The second-order valence-corrected chi connectivity index (χ2v) is 7.18. The van der Waals surface area contributed by atoms with E-state index in [9.17, 15) is 13.2 Å². The van der Waals surface area contributed by atoms with Gasteiger partial charge in [0.05, 0.1) is 0 Å². The molecule has 1 N–H and O–H groups in total. The topological polar surface area (TPSA) is 15.3 Å². The summed E-state index contributed by atoms with van der Waals surface area (Å²) >= 11 is -0.0387. The SMILES string of the molecule is FC(F)(F)Sc1ccc([C@H](C2CCC2)N2CCNCC2)cc1. The van der Waals surface area contributed by atoms with Crippen molar-refractivity contribution < 1.29 is 13.2 Å². The van der Waals surface area contributed by atoms with Gasteiger partial charge in [0.15, 0.2) is 0 Å². The van der Waals surface area contributed by atoms with Crippen LogP contribution >= 0.6 is 11.8 Å². The van der Waals surface area contributed by atoms with E-state index in [1.165, 1.54) is 19.3 Å². The zero-order valence-electron chi connectivity index (χ0n) is 12.4. The zero-order chi connectivity index (χ0) is 15.6. The fourth-order valence-corrected chi connectivity index (χ4v) is 3.90. The smallest absolute Gasteiger partial charge is 0.314 e. The summed E-state index contributed by atoms with van der Waals surface area (Å²) in [5.74, 6) is 0.652. The number of thioether (sulfide) groups is 1. The molecular weight excluding hydrogens is 309 g/mol. The quantitative estimate of drug-likeness (QED) is 0.839. The van der Waals surface area contributed by atoms with Crippen molar-refractivity contribution in [2.75, 3.05) is 26.2 Å². The Morgan fingerprint density at radius 1 is 1.09 bits per heavy atom. The number of halogens is 3. The maximum atomic E-state index is 12.4. The maximum absolute atomic E-state index is 12.4. The van der Waals surface area contributed by atoms with Crippen molar-refractivity contribution in [1.82, 2.24) is 10.2 Å². The molecule has 1 aromatic rings. The first kappa shape index (κ1) is 16.1. The van der Waals surface area contributed by atoms with Crippen LogP contribution in [0.15, 0.2) is 29.2 Å². The molecule has 0 unspecified atom stereocenters. The number of hydrogen-bond donors (Lipinski definition) is 1. The molecule has 0 spiro atoms. The molecule has 3 rings (SSSR count). The molecule has 1 aliphatic carbocycles. The van der Waals surface area contributed by atoms with E-state index in [0.29, 0.717) is 12.0 Å². The van der Waals surface area contributed by atoms with Gasteiger partial charge in [-0.25, -0.2) is 0 Å². The van der Waals surface area contributed by atoms with Gasteiger partial charge in [-0.15, -0.1) is 0 Å². The molecule has 6 heteroatoms. The molecule has 2 fully saturated rings. The van der Waals surface area contributed by atoms with E-state index >= 15 is 0 Å². The van der Waals surface area contributed by atoms with Crippen molar-refractivity contribution in [3.05, 3.63) is 29.8 Å². The second kappa shape index (κ2) is 6.81. The molecule has 0 aromatic heterocycles. The normalized spacial score (nSPS) is 22.3. The van der Waals surface area contributed by atoms with Gasteiger partial charge in [0.1, 0.15) is 0 Å². The summed E-state index contributed by atoms with van der Waals surface area (Å²) in [5.41, 5.74) is -3.05. The molecule has 2 nitrogen and oxygen atoms in total. The maximum Gasteiger partial charge on any atom is 0.446 e. The number of piperazine rings is 1. The van der Waals surface area contributed by atoms with Gasteiger partial charge < -0.3 is 5.32 Å². The summed E-state index contributed by atoms with van der Waals surface area (Å²) in [7, 11) is 0. The Morgan fingerprint density at radius 3 is 2.23 bits per heavy atom. The van der Waals surface area contributed by atoms with Crippen LogP contribution in [0.25, 0.3) is 0 Å². The fourth-order valence-electron chi connectivity index (χ4n) is 3.36. The number of benzene rings is 1. The van der Waals surface area contributed by atoms with Gasteiger partial charge in [-0.1, -0.05) is 18.6 Å². The van der Waals surface area contributed by atoms with Crippen molar-refractivity contribution in [1.29, 1.82) is 0 Å². The van der Waals surface area contributed by atoms with Crippen LogP contribution in [0.4, 0.5) is 13.2 Å². The van der Waals surface area contributed by atoms with E-state index in [4.69, 9.17) is 0 Å². The van der Waals surface area contributed by atoms with Gasteiger partial charge >= 0.3 is 5.51 Å². The van der Waals surface area contributed by atoms with Crippen LogP contribution in [0.5, 0.6) is 0 Å². The molecule has 1 atom stereocenters. The Labute approximate surface area is 133 Å². The highest BCUT2D eigenvalue weighted by molar-refractivity contribution is 8.00. The molecule has 1 heterocycles. The van der Waals surface area contributed by atoms with Gasteiger partial charge in [0, 0.05) is 37.1 Å². The molecule has 0 radical (unpaired) electrons. The minimum Gasteiger partial charge on any atom is -0.314 e. The first-order chi connectivity index (χ1) is 10.5. The number of nitrogens with zero attached hydrogens (tertiary/aromatic N) is 1. The van der Waals surface area contributed by atoms with Crippen LogP contribution in [0.3, 0.4) is 0 Å². The largest absolute Gasteiger partial charge is 0.446 e. The average molecular weight is 330 g/mol. The van der Waals surface area contributed by atoms with Gasteiger partial charge in [0.2, 0.25) is 0 Å². The third-order valence-electron chi connectivity index (χ3n) is 4.60. The Kier molecular flexibility index (Phi) is 5.00. The number of nitrogens with one attached hydrogen (secondary N) is 1. The molecular formula is C16H21F3N2S. The van der Waals surface area contributed by atoms with Crippen LogP contribution in [-0.4, -0.2) is 36.6 Å². The first-order valence-corrected chi connectivity index (χ1v) is 8.65. The van der Waals surface area contributed by atoms with Crippen LogP contribution in [0, 0.1) is 5.92 Å². The summed E-state index contributed by atoms with van der Waals surface area (Å²) in [6.07, 6.45) is 3.73. The fraction of sp³-hybridized carbons (Fsp3) is 0.625. The Morgan fingerprint density at radius 2 is 1.73 bits per heavy atom. The lowest BCUT2D eigenvalue weighted by Crippen LogP contribution is -2.47. The zero-order valence-corrected chi connectivity index (χ0v) is 13.2. The third kappa shape index (κ3) is 3.97. The predicted octanol–water partition coefficient (Wildman–Crippen LogP) is 4.04. The van der Waals surface area contributed by atoms with Gasteiger partial charge in [-0.3, -0.25) is 4.90 Å². The van der Waals surface area contributed by atoms with Crippen molar-refractivity contribution in [3.8, 4) is 0 Å². The summed E-state index contributed by atoms with van der Waals surface area (Å²) in [4.78, 5) is 2.76. The Balaban J connectivity index is 1.75. The van der Waals surface area contributed by atoms with E-state index in [2.05, 4.69) is 10.2 Å². The number of alkyl halides is 3. The summed E-state index contributed by atoms with van der Waals surface area (Å²) in [6.45, 7) is 4.01. The summed E-state index contributed by atoms with van der Waals surface area (Å²) < 4.78 is 37.3.